The molecular formula is C9H18FN3. The minimum absolute atomic E-state index is 0.0256. The molecule has 0 aliphatic carbocycles. The molecule has 76 valence electrons. The van der Waals surface area contributed by atoms with Crippen LogP contribution in [0.25, 0.3) is 0 Å². The predicted octanol–water partition coefficient (Wildman–Crippen LogP) is 1.31. The van der Waals surface area contributed by atoms with Gasteiger partial charge in [-0.1, -0.05) is 0 Å². The van der Waals surface area contributed by atoms with Crippen LogP contribution in [0.15, 0.2) is 0 Å². The highest BCUT2D eigenvalue weighted by molar-refractivity contribution is 5.79. The molecule has 0 atom stereocenters. The number of rotatable bonds is 2. The van der Waals surface area contributed by atoms with Gasteiger partial charge in [-0.15, -0.1) is 0 Å². The summed E-state index contributed by atoms with van der Waals surface area (Å²) in [5.74, 6) is 0.463. The molecule has 3 nitrogen and oxygen atoms in total. The molecule has 0 aromatic carbocycles. The van der Waals surface area contributed by atoms with Crippen molar-refractivity contribution in [2.45, 2.75) is 26.3 Å². The van der Waals surface area contributed by atoms with E-state index < -0.39 is 0 Å². The van der Waals surface area contributed by atoms with Crippen molar-refractivity contribution in [1.82, 2.24) is 9.80 Å². The van der Waals surface area contributed by atoms with Crippen molar-refractivity contribution >= 4 is 5.96 Å². The van der Waals surface area contributed by atoms with Crippen molar-refractivity contribution in [1.29, 1.82) is 5.41 Å². The van der Waals surface area contributed by atoms with Gasteiger partial charge in [-0.25, -0.2) is 4.39 Å². The van der Waals surface area contributed by atoms with E-state index in [9.17, 15) is 4.39 Å². The minimum Gasteiger partial charge on any atom is -0.339 e. The second-order valence-electron chi connectivity index (χ2n) is 4.32. The summed E-state index contributed by atoms with van der Waals surface area (Å²) in [6, 6.07) is 0. The van der Waals surface area contributed by atoms with Gasteiger partial charge in [0.2, 0.25) is 0 Å². The fourth-order valence-electron chi connectivity index (χ4n) is 1.58. The summed E-state index contributed by atoms with van der Waals surface area (Å²) < 4.78 is 12.1. The molecule has 1 aliphatic rings. The van der Waals surface area contributed by atoms with Gasteiger partial charge in [0.05, 0.1) is 0 Å². The molecule has 0 amide bonds. The Hall–Kier alpha value is -0.800. The van der Waals surface area contributed by atoms with Gasteiger partial charge in [0.15, 0.2) is 5.96 Å². The second-order valence-corrected chi connectivity index (χ2v) is 4.32. The molecular weight excluding hydrogens is 168 g/mol. The van der Waals surface area contributed by atoms with Crippen LogP contribution in [0.5, 0.6) is 0 Å². The van der Waals surface area contributed by atoms with Gasteiger partial charge < -0.3 is 9.80 Å². The van der Waals surface area contributed by atoms with Gasteiger partial charge in [-0.05, 0) is 20.8 Å². The monoisotopic (exact) mass is 186 g/mol. The van der Waals surface area contributed by atoms with E-state index in [0.29, 0.717) is 12.5 Å². The maximum absolute atomic E-state index is 12.1. The van der Waals surface area contributed by atoms with Gasteiger partial charge in [-0.2, -0.15) is 0 Å². The summed E-state index contributed by atoms with van der Waals surface area (Å²) in [7, 11) is 0. The number of hydrogen-bond acceptors (Lipinski definition) is 1. The lowest BCUT2D eigenvalue weighted by Crippen LogP contribution is -2.44. The average molecular weight is 186 g/mol. The summed E-state index contributed by atoms with van der Waals surface area (Å²) in [6.45, 7) is 7.80. The standard InChI is InChI=1S/C9H18FN3/c1-9(2,3)13-7-6-12(5-4-10)8(13)11/h11H,4-7H2,1-3H3/i10-1. The molecule has 1 heterocycles. The first-order valence-corrected chi connectivity index (χ1v) is 4.64. The van der Waals surface area contributed by atoms with Gasteiger partial charge in [0.1, 0.15) is 6.67 Å². The van der Waals surface area contributed by atoms with Crippen LogP contribution in [0.4, 0.5) is 4.39 Å². The Morgan fingerprint density at radius 2 is 2.00 bits per heavy atom. The van der Waals surface area contributed by atoms with E-state index in [2.05, 4.69) is 20.8 Å². The molecule has 1 rings (SSSR count). The maximum Gasteiger partial charge on any atom is 0.194 e. The first-order valence-electron chi connectivity index (χ1n) is 4.64. The smallest absolute Gasteiger partial charge is 0.194 e. The highest BCUT2D eigenvalue weighted by Crippen LogP contribution is 2.19. The molecule has 1 saturated heterocycles. The third-order valence-electron chi connectivity index (χ3n) is 2.31. The molecule has 0 aromatic heterocycles. The van der Waals surface area contributed by atoms with Crippen molar-refractivity contribution in [2.24, 2.45) is 0 Å². The second kappa shape index (κ2) is 3.52. The predicted molar refractivity (Wildman–Crippen MR) is 51.7 cm³/mol. The van der Waals surface area contributed by atoms with E-state index in [-0.39, 0.29) is 12.2 Å². The van der Waals surface area contributed by atoms with E-state index in [0.717, 1.165) is 13.1 Å². The molecule has 1 N–H and O–H groups in total. The number of hydrogen-bond donors (Lipinski definition) is 1. The molecule has 1 fully saturated rings. The topological polar surface area (TPSA) is 30.3 Å². The Morgan fingerprint density at radius 3 is 2.38 bits per heavy atom. The Kier molecular flexibility index (Phi) is 2.78. The van der Waals surface area contributed by atoms with Crippen molar-refractivity contribution in [3.8, 4) is 0 Å². The molecule has 0 spiro atoms. The lowest BCUT2D eigenvalue weighted by atomic mass is 10.1. The summed E-state index contributed by atoms with van der Waals surface area (Å²) in [4.78, 5) is 3.79. The number of halogens is 1. The number of nitrogens with one attached hydrogen (secondary N) is 1. The maximum atomic E-state index is 12.1. The zero-order valence-corrected chi connectivity index (χ0v) is 8.60. The zero-order valence-electron chi connectivity index (χ0n) is 8.60. The van der Waals surface area contributed by atoms with Crippen LogP contribution in [0.1, 0.15) is 20.8 Å². The molecule has 1 aliphatic heterocycles. The van der Waals surface area contributed by atoms with Crippen LogP contribution >= 0.6 is 0 Å². The Balaban J connectivity index is 2.60. The summed E-state index contributed by atoms with van der Waals surface area (Å²) in [6.07, 6.45) is 0. The van der Waals surface area contributed by atoms with E-state index in [4.69, 9.17) is 5.41 Å². The van der Waals surface area contributed by atoms with Crippen LogP contribution in [-0.2, 0) is 0 Å². The largest absolute Gasteiger partial charge is 0.339 e. The van der Waals surface area contributed by atoms with Gasteiger partial charge in [-0.3, -0.25) is 5.41 Å². The summed E-state index contributed by atoms with van der Waals surface area (Å²) >= 11 is 0. The molecule has 0 bridgehead atoms. The van der Waals surface area contributed by atoms with Crippen molar-refractivity contribution < 1.29 is 4.39 Å². The summed E-state index contributed by atoms with van der Waals surface area (Å²) in [5, 5.41) is 7.81. The van der Waals surface area contributed by atoms with E-state index in [1.165, 1.54) is 0 Å². The zero-order chi connectivity index (χ0) is 10.1. The first-order chi connectivity index (χ1) is 5.96. The van der Waals surface area contributed by atoms with Crippen molar-refractivity contribution in [3.63, 3.8) is 0 Å². The van der Waals surface area contributed by atoms with Crippen LogP contribution in [0.3, 0.4) is 0 Å². The fourth-order valence-corrected chi connectivity index (χ4v) is 1.58. The lowest BCUT2D eigenvalue weighted by molar-refractivity contribution is 0.257. The molecule has 0 saturated carbocycles. The molecule has 0 aromatic rings. The number of guanidine groups is 1. The van der Waals surface area contributed by atoms with Crippen molar-refractivity contribution in [2.75, 3.05) is 26.3 Å². The lowest BCUT2D eigenvalue weighted by Gasteiger charge is -2.33. The van der Waals surface area contributed by atoms with Crippen LogP contribution < -0.4 is 0 Å². The van der Waals surface area contributed by atoms with Crippen LogP contribution in [0.2, 0.25) is 0 Å². The van der Waals surface area contributed by atoms with Crippen LogP contribution in [-0.4, -0.2) is 47.6 Å². The van der Waals surface area contributed by atoms with E-state index in [1.807, 2.05) is 4.90 Å². The van der Waals surface area contributed by atoms with Gasteiger partial charge in [0.25, 0.3) is 0 Å². The molecule has 4 heteroatoms. The third kappa shape index (κ3) is 2.11. The minimum atomic E-state index is -0.375. The first kappa shape index (κ1) is 10.3. The van der Waals surface area contributed by atoms with E-state index in [1.54, 1.807) is 4.90 Å². The Morgan fingerprint density at radius 1 is 1.38 bits per heavy atom. The molecule has 0 radical (unpaired) electrons. The average Bonchev–Trinajstić information content (AvgIpc) is 2.32. The van der Waals surface area contributed by atoms with Gasteiger partial charge in [0, 0.05) is 25.2 Å². The normalized spacial score (nSPS) is 18.6. The molecule has 0 unspecified atom stereocenters. The quantitative estimate of drug-likeness (QED) is 0.704. The van der Waals surface area contributed by atoms with E-state index >= 15 is 0 Å². The van der Waals surface area contributed by atoms with Crippen LogP contribution in [0, 0.1) is 5.41 Å². The third-order valence-corrected chi connectivity index (χ3v) is 2.31. The SMILES string of the molecule is CC(C)(C)N1CCN(CC[18F])C1=N. The summed E-state index contributed by atoms with van der Waals surface area (Å²) in [5.41, 5.74) is -0.0256. The Bertz CT molecular complexity index is 198. The highest BCUT2D eigenvalue weighted by atomic mass is 18.2. The fraction of sp³-hybridized carbons (Fsp3) is 0.889. The molecule has 13 heavy (non-hydrogen) atoms. The number of nitrogens with zero attached hydrogens (tertiary/aromatic N) is 2. The highest BCUT2D eigenvalue weighted by Gasteiger charge is 2.32. The van der Waals surface area contributed by atoms with Crippen molar-refractivity contribution in [3.05, 3.63) is 0 Å². The number of alkyl halides is 1. The Labute approximate surface area is 79.0 Å². The van der Waals surface area contributed by atoms with Gasteiger partial charge >= 0.3 is 0 Å².